The molecule has 3 N–H and O–H groups in total. The molecule has 0 aromatic carbocycles. The summed E-state index contributed by atoms with van der Waals surface area (Å²) in [4.78, 5) is 25.7. The molecule has 2 atom stereocenters. The first-order valence-electron chi connectivity index (χ1n) is 5.87. The van der Waals surface area contributed by atoms with Crippen molar-refractivity contribution < 1.29 is 14.3 Å². The van der Waals surface area contributed by atoms with Crippen molar-refractivity contribution in [2.45, 2.75) is 25.4 Å². The summed E-state index contributed by atoms with van der Waals surface area (Å²) in [5.41, 5.74) is 5.03. The van der Waals surface area contributed by atoms with Crippen LogP contribution in [0.2, 0.25) is 0 Å². The molecule has 6 nitrogen and oxygen atoms in total. The molecule has 2 amide bonds. The first-order chi connectivity index (χ1) is 7.94. The third-order valence-electron chi connectivity index (χ3n) is 3.56. The van der Waals surface area contributed by atoms with E-state index in [1.54, 1.807) is 18.7 Å². The van der Waals surface area contributed by atoms with Gasteiger partial charge >= 0.3 is 0 Å². The molecular formula is C11H19N3O3. The van der Waals surface area contributed by atoms with Crippen molar-refractivity contribution in [3.63, 3.8) is 0 Å². The van der Waals surface area contributed by atoms with Crippen molar-refractivity contribution in [2.75, 3.05) is 26.3 Å². The van der Waals surface area contributed by atoms with Gasteiger partial charge in [0.25, 0.3) is 0 Å². The fourth-order valence-corrected chi connectivity index (χ4v) is 2.31. The molecule has 0 bridgehead atoms. The molecule has 2 saturated heterocycles. The summed E-state index contributed by atoms with van der Waals surface area (Å²) in [5, 5.41) is 2.76. The number of rotatable bonds is 1. The molecule has 17 heavy (non-hydrogen) atoms. The van der Waals surface area contributed by atoms with Crippen LogP contribution < -0.4 is 11.1 Å². The molecule has 6 heteroatoms. The summed E-state index contributed by atoms with van der Waals surface area (Å²) in [6.45, 7) is 5.30. The number of amides is 2. The maximum atomic E-state index is 12.4. The Morgan fingerprint density at radius 2 is 2.24 bits per heavy atom. The fraction of sp³-hybridized carbons (Fsp3) is 0.818. The van der Waals surface area contributed by atoms with Crippen LogP contribution in [0.3, 0.4) is 0 Å². The summed E-state index contributed by atoms with van der Waals surface area (Å²) in [7, 11) is 0. The standard InChI is InChI=1S/C11H19N3O3/c1-11(2)10(16)13-3-4-14(11)9(15)7-5-17-6-8(7)12/h7-8H,3-6,12H2,1-2H3,(H,13,16). The van der Waals surface area contributed by atoms with Crippen LogP contribution in [0.25, 0.3) is 0 Å². The van der Waals surface area contributed by atoms with Gasteiger partial charge in [0.15, 0.2) is 0 Å². The molecule has 2 unspecified atom stereocenters. The molecule has 0 aromatic heterocycles. The zero-order valence-electron chi connectivity index (χ0n) is 10.2. The second-order valence-corrected chi connectivity index (χ2v) is 5.11. The van der Waals surface area contributed by atoms with Gasteiger partial charge in [0.05, 0.1) is 19.1 Å². The molecule has 0 aromatic rings. The second-order valence-electron chi connectivity index (χ2n) is 5.11. The molecule has 2 rings (SSSR count). The third-order valence-corrected chi connectivity index (χ3v) is 3.56. The number of nitrogens with one attached hydrogen (secondary N) is 1. The van der Waals surface area contributed by atoms with E-state index >= 15 is 0 Å². The predicted molar refractivity (Wildman–Crippen MR) is 61.1 cm³/mol. The summed E-state index contributed by atoms with van der Waals surface area (Å²) >= 11 is 0. The normalized spacial score (nSPS) is 32.4. The Morgan fingerprint density at radius 3 is 2.82 bits per heavy atom. The third kappa shape index (κ3) is 2.02. The Bertz CT molecular complexity index is 343. The molecule has 0 spiro atoms. The Morgan fingerprint density at radius 1 is 1.53 bits per heavy atom. The van der Waals surface area contributed by atoms with E-state index in [2.05, 4.69) is 5.32 Å². The zero-order valence-corrected chi connectivity index (χ0v) is 10.2. The molecule has 2 aliphatic heterocycles. The Balaban J connectivity index is 2.15. The highest BCUT2D eigenvalue weighted by Gasteiger charge is 2.44. The largest absolute Gasteiger partial charge is 0.379 e. The molecule has 0 radical (unpaired) electrons. The van der Waals surface area contributed by atoms with Gasteiger partial charge in [0.1, 0.15) is 5.54 Å². The number of nitrogens with two attached hydrogens (primary N) is 1. The maximum absolute atomic E-state index is 12.4. The maximum Gasteiger partial charge on any atom is 0.245 e. The number of piperazine rings is 1. The lowest BCUT2D eigenvalue weighted by Crippen LogP contribution is -2.65. The van der Waals surface area contributed by atoms with Crippen molar-refractivity contribution in [1.29, 1.82) is 0 Å². The smallest absolute Gasteiger partial charge is 0.245 e. The van der Waals surface area contributed by atoms with Crippen molar-refractivity contribution in [3.8, 4) is 0 Å². The number of carbonyl (C=O) groups excluding carboxylic acids is 2. The zero-order chi connectivity index (χ0) is 12.6. The van der Waals surface area contributed by atoms with Gasteiger partial charge in [-0.2, -0.15) is 0 Å². The van der Waals surface area contributed by atoms with Gasteiger partial charge in [-0.25, -0.2) is 0 Å². The number of nitrogens with zero attached hydrogens (tertiary/aromatic N) is 1. The van der Waals surface area contributed by atoms with E-state index < -0.39 is 5.54 Å². The minimum absolute atomic E-state index is 0.0742. The highest BCUT2D eigenvalue weighted by molar-refractivity contribution is 5.92. The lowest BCUT2D eigenvalue weighted by atomic mass is 9.94. The second kappa shape index (κ2) is 4.27. The van der Waals surface area contributed by atoms with Crippen LogP contribution in [0.15, 0.2) is 0 Å². The SMILES string of the molecule is CC1(C)C(=O)NCCN1C(=O)C1COCC1N. The molecule has 0 aliphatic carbocycles. The van der Waals surface area contributed by atoms with Crippen LogP contribution in [0.4, 0.5) is 0 Å². The lowest BCUT2D eigenvalue weighted by molar-refractivity contribution is -0.152. The summed E-state index contributed by atoms with van der Waals surface area (Å²) in [6.07, 6.45) is 0. The van der Waals surface area contributed by atoms with Gasteiger partial charge in [0, 0.05) is 19.1 Å². The van der Waals surface area contributed by atoms with Gasteiger partial charge in [-0.1, -0.05) is 0 Å². The summed E-state index contributed by atoms with van der Waals surface area (Å²) in [5.74, 6) is -0.514. The quantitative estimate of drug-likeness (QED) is 0.597. The van der Waals surface area contributed by atoms with Crippen LogP contribution in [-0.4, -0.2) is 54.6 Å². The van der Waals surface area contributed by atoms with Crippen LogP contribution in [-0.2, 0) is 14.3 Å². The van der Waals surface area contributed by atoms with Crippen molar-refractivity contribution >= 4 is 11.8 Å². The predicted octanol–water partition coefficient (Wildman–Crippen LogP) is -1.30. The highest BCUT2D eigenvalue weighted by atomic mass is 16.5. The van der Waals surface area contributed by atoms with E-state index in [1.165, 1.54) is 0 Å². The molecule has 0 saturated carbocycles. The van der Waals surface area contributed by atoms with Crippen molar-refractivity contribution in [1.82, 2.24) is 10.2 Å². The molecular weight excluding hydrogens is 222 g/mol. The molecule has 2 aliphatic rings. The minimum Gasteiger partial charge on any atom is -0.379 e. The van der Waals surface area contributed by atoms with Gasteiger partial charge < -0.3 is 20.7 Å². The van der Waals surface area contributed by atoms with Gasteiger partial charge in [-0.3, -0.25) is 9.59 Å². The molecule has 96 valence electrons. The van der Waals surface area contributed by atoms with Gasteiger partial charge in [-0.05, 0) is 13.8 Å². The number of hydrogen-bond donors (Lipinski definition) is 2. The van der Waals surface area contributed by atoms with E-state index in [0.717, 1.165) is 0 Å². The summed E-state index contributed by atoms with van der Waals surface area (Å²) < 4.78 is 5.20. The average Bonchev–Trinajstić information content (AvgIpc) is 2.68. The van der Waals surface area contributed by atoms with E-state index in [0.29, 0.717) is 26.3 Å². The van der Waals surface area contributed by atoms with Crippen LogP contribution in [0, 0.1) is 5.92 Å². The van der Waals surface area contributed by atoms with Crippen LogP contribution >= 0.6 is 0 Å². The Kier molecular flexibility index (Phi) is 3.09. The van der Waals surface area contributed by atoms with Gasteiger partial charge in [-0.15, -0.1) is 0 Å². The fourth-order valence-electron chi connectivity index (χ4n) is 2.31. The first kappa shape index (κ1) is 12.3. The van der Waals surface area contributed by atoms with Gasteiger partial charge in [0.2, 0.25) is 11.8 Å². The monoisotopic (exact) mass is 241 g/mol. The van der Waals surface area contributed by atoms with Crippen LogP contribution in [0.5, 0.6) is 0 Å². The molecule has 2 fully saturated rings. The first-order valence-corrected chi connectivity index (χ1v) is 5.87. The Labute approximate surface area is 100 Å². The number of hydrogen-bond acceptors (Lipinski definition) is 4. The van der Waals surface area contributed by atoms with E-state index in [4.69, 9.17) is 10.5 Å². The van der Waals surface area contributed by atoms with E-state index in [-0.39, 0.29) is 23.8 Å². The van der Waals surface area contributed by atoms with Crippen molar-refractivity contribution in [3.05, 3.63) is 0 Å². The molecule has 2 heterocycles. The topological polar surface area (TPSA) is 84.7 Å². The number of carbonyl (C=O) groups is 2. The average molecular weight is 241 g/mol. The summed E-state index contributed by atoms with van der Waals surface area (Å²) in [6, 6.07) is -0.261. The van der Waals surface area contributed by atoms with Crippen molar-refractivity contribution in [2.24, 2.45) is 11.7 Å². The lowest BCUT2D eigenvalue weighted by Gasteiger charge is -2.42. The Hall–Kier alpha value is -1.14. The van der Waals surface area contributed by atoms with E-state index in [9.17, 15) is 9.59 Å². The van der Waals surface area contributed by atoms with E-state index in [1.807, 2.05) is 0 Å². The van der Waals surface area contributed by atoms with Crippen LogP contribution in [0.1, 0.15) is 13.8 Å². The highest BCUT2D eigenvalue weighted by Crippen LogP contribution is 2.23. The number of ether oxygens (including phenoxy) is 1. The minimum atomic E-state index is -0.808.